The van der Waals surface area contributed by atoms with Gasteiger partial charge in [0.15, 0.2) is 0 Å². The lowest BCUT2D eigenvalue weighted by Gasteiger charge is -2.21. The lowest BCUT2D eigenvalue weighted by Crippen LogP contribution is -2.30. The molecule has 2 nitrogen and oxygen atoms in total. The summed E-state index contributed by atoms with van der Waals surface area (Å²) in [5.41, 5.74) is 11.4. The molecule has 0 spiro atoms. The summed E-state index contributed by atoms with van der Waals surface area (Å²) in [6, 6.07) is 4.57. The van der Waals surface area contributed by atoms with Crippen molar-refractivity contribution < 1.29 is 0 Å². The Morgan fingerprint density at radius 3 is 2.22 bits per heavy atom. The molecule has 0 radical (unpaired) electrons. The van der Waals surface area contributed by atoms with Gasteiger partial charge in [0.05, 0.1) is 0 Å². The van der Waals surface area contributed by atoms with Crippen LogP contribution in [0.2, 0.25) is 0 Å². The SMILES string of the molecule is Cc1cc(C)c(CCN(C)CC(C)CN)c(C)c1. The van der Waals surface area contributed by atoms with E-state index < -0.39 is 0 Å². The van der Waals surface area contributed by atoms with Crippen molar-refractivity contribution in [3.8, 4) is 0 Å². The van der Waals surface area contributed by atoms with Gasteiger partial charge in [0.2, 0.25) is 0 Å². The maximum Gasteiger partial charge on any atom is 0.00191 e. The number of aryl methyl sites for hydroxylation is 3. The van der Waals surface area contributed by atoms with Crippen LogP contribution >= 0.6 is 0 Å². The van der Waals surface area contributed by atoms with E-state index in [-0.39, 0.29) is 0 Å². The number of rotatable bonds is 6. The normalized spacial score (nSPS) is 13.1. The Hall–Kier alpha value is -0.860. The molecule has 18 heavy (non-hydrogen) atoms. The maximum atomic E-state index is 5.67. The average molecular weight is 248 g/mol. The molecule has 0 aliphatic heterocycles. The summed E-state index contributed by atoms with van der Waals surface area (Å²) in [4.78, 5) is 2.39. The Morgan fingerprint density at radius 2 is 1.72 bits per heavy atom. The van der Waals surface area contributed by atoms with Gasteiger partial charge in [-0.2, -0.15) is 0 Å². The molecule has 1 unspecified atom stereocenters. The minimum Gasteiger partial charge on any atom is -0.330 e. The Bertz CT molecular complexity index is 362. The van der Waals surface area contributed by atoms with Crippen molar-refractivity contribution in [1.82, 2.24) is 4.90 Å². The van der Waals surface area contributed by atoms with Crippen molar-refractivity contribution in [2.45, 2.75) is 34.1 Å². The number of benzene rings is 1. The predicted octanol–water partition coefficient (Wildman–Crippen LogP) is 2.68. The molecule has 0 aliphatic rings. The Labute approximate surface area is 112 Å². The molecule has 0 bridgehead atoms. The molecule has 0 fully saturated rings. The molecule has 0 aromatic heterocycles. The van der Waals surface area contributed by atoms with Crippen LogP contribution in [0.15, 0.2) is 12.1 Å². The van der Waals surface area contributed by atoms with Gasteiger partial charge in [-0.05, 0) is 63.4 Å². The molecule has 0 saturated carbocycles. The molecular formula is C16H28N2. The highest BCUT2D eigenvalue weighted by Crippen LogP contribution is 2.17. The molecule has 2 heteroatoms. The van der Waals surface area contributed by atoms with Gasteiger partial charge in [0.25, 0.3) is 0 Å². The average Bonchev–Trinajstić information content (AvgIpc) is 2.27. The third-order valence-electron chi connectivity index (χ3n) is 3.61. The second kappa shape index (κ2) is 6.91. The first-order valence-corrected chi connectivity index (χ1v) is 6.89. The smallest absolute Gasteiger partial charge is 0.00191 e. The van der Waals surface area contributed by atoms with Gasteiger partial charge < -0.3 is 10.6 Å². The first kappa shape index (κ1) is 15.2. The fraction of sp³-hybridized carbons (Fsp3) is 0.625. The molecule has 0 saturated heterocycles. The van der Waals surface area contributed by atoms with Gasteiger partial charge in [-0.1, -0.05) is 24.6 Å². The summed E-state index contributed by atoms with van der Waals surface area (Å²) in [6.07, 6.45) is 1.13. The molecular weight excluding hydrogens is 220 g/mol. The lowest BCUT2D eigenvalue weighted by atomic mass is 9.97. The van der Waals surface area contributed by atoms with E-state index in [4.69, 9.17) is 5.73 Å². The fourth-order valence-electron chi connectivity index (χ4n) is 2.60. The van der Waals surface area contributed by atoms with Gasteiger partial charge in [-0.25, -0.2) is 0 Å². The van der Waals surface area contributed by atoms with Crippen LogP contribution in [0.3, 0.4) is 0 Å². The monoisotopic (exact) mass is 248 g/mol. The van der Waals surface area contributed by atoms with Crippen LogP contribution in [0.5, 0.6) is 0 Å². The number of hydrogen-bond acceptors (Lipinski definition) is 2. The fourth-order valence-corrected chi connectivity index (χ4v) is 2.60. The third-order valence-corrected chi connectivity index (χ3v) is 3.61. The van der Waals surface area contributed by atoms with Gasteiger partial charge in [0, 0.05) is 13.1 Å². The Kier molecular flexibility index (Phi) is 5.83. The van der Waals surface area contributed by atoms with Crippen LogP contribution in [-0.2, 0) is 6.42 Å². The molecule has 1 aromatic rings. The van der Waals surface area contributed by atoms with Gasteiger partial charge in [0.1, 0.15) is 0 Å². The van der Waals surface area contributed by atoms with E-state index in [2.05, 4.69) is 51.8 Å². The summed E-state index contributed by atoms with van der Waals surface area (Å²) >= 11 is 0. The van der Waals surface area contributed by atoms with Crippen LogP contribution in [-0.4, -0.2) is 31.6 Å². The second-order valence-electron chi connectivity index (χ2n) is 5.73. The summed E-state index contributed by atoms with van der Waals surface area (Å²) in [5.74, 6) is 0.579. The van der Waals surface area contributed by atoms with E-state index in [0.717, 1.165) is 26.1 Å². The molecule has 102 valence electrons. The Morgan fingerprint density at radius 1 is 1.17 bits per heavy atom. The highest BCUT2D eigenvalue weighted by atomic mass is 15.1. The van der Waals surface area contributed by atoms with Crippen molar-refractivity contribution >= 4 is 0 Å². The van der Waals surface area contributed by atoms with E-state index >= 15 is 0 Å². The third kappa shape index (κ3) is 4.43. The maximum absolute atomic E-state index is 5.67. The van der Waals surface area contributed by atoms with Crippen LogP contribution < -0.4 is 5.73 Å². The molecule has 0 aliphatic carbocycles. The highest BCUT2D eigenvalue weighted by molar-refractivity contribution is 5.37. The van der Waals surface area contributed by atoms with Crippen LogP contribution in [0, 0.1) is 26.7 Å². The molecule has 1 rings (SSSR count). The number of likely N-dealkylation sites (N-methyl/N-ethyl adjacent to an activating group) is 1. The molecule has 0 heterocycles. The zero-order chi connectivity index (χ0) is 13.7. The van der Waals surface area contributed by atoms with Crippen molar-refractivity contribution in [2.75, 3.05) is 26.7 Å². The number of hydrogen-bond donors (Lipinski definition) is 1. The molecule has 0 amide bonds. The van der Waals surface area contributed by atoms with Crippen LogP contribution in [0.4, 0.5) is 0 Å². The standard InChI is InChI=1S/C16H28N2/c1-12-8-14(3)16(15(4)9-12)6-7-18(5)11-13(2)10-17/h8-9,13H,6-7,10-11,17H2,1-5H3. The largest absolute Gasteiger partial charge is 0.330 e. The van der Waals surface area contributed by atoms with Crippen molar-refractivity contribution in [2.24, 2.45) is 11.7 Å². The summed E-state index contributed by atoms with van der Waals surface area (Å²) in [5, 5.41) is 0. The summed E-state index contributed by atoms with van der Waals surface area (Å²) < 4.78 is 0. The number of nitrogens with zero attached hydrogens (tertiary/aromatic N) is 1. The van der Waals surface area contributed by atoms with E-state index in [1.54, 1.807) is 0 Å². The van der Waals surface area contributed by atoms with E-state index in [1.807, 2.05) is 0 Å². The minimum absolute atomic E-state index is 0.579. The first-order valence-electron chi connectivity index (χ1n) is 6.89. The van der Waals surface area contributed by atoms with Gasteiger partial charge in [-0.15, -0.1) is 0 Å². The molecule has 2 N–H and O–H groups in total. The zero-order valence-electron chi connectivity index (χ0n) is 12.6. The number of nitrogens with two attached hydrogens (primary N) is 1. The van der Waals surface area contributed by atoms with E-state index in [0.29, 0.717) is 5.92 Å². The van der Waals surface area contributed by atoms with Crippen molar-refractivity contribution in [3.63, 3.8) is 0 Å². The van der Waals surface area contributed by atoms with Crippen molar-refractivity contribution in [1.29, 1.82) is 0 Å². The zero-order valence-corrected chi connectivity index (χ0v) is 12.6. The van der Waals surface area contributed by atoms with Gasteiger partial charge in [-0.3, -0.25) is 0 Å². The Balaban J connectivity index is 2.58. The quantitative estimate of drug-likeness (QED) is 0.838. The van der Waals surface area contributed by atoms with E-state index in [1.165, 1.54) is 22.3 Å². The lowest BCUT2D eigenvalue weighted by molar-refractivity contribution is 0.292. The predicted molar refractivity (Wildman–Crippen MR) is 80.1 cm³/mol. The topological polar surface area (TPSA) is 29.3 Å². The van der Waals surface area contributed by atoms with Crippen LogP contribution in [0.1, 0.15) is 29.2 Å². The van der Waals surface area contributed by atoms with Gasteiger partial charge >= 0.3 is 0 Å². The van der Waals surface area contributed by atoms with Crippen LogP contribution in [0.25, 0.3) is 0 Å². The summed E-state index contributed by atoms with van der Waals surface area (Å²) in [7, 11) is 2.19. The first-order chi connectivity index (χ1) is 8.43. The molecule has 1 aromatic carbocycles. The molecule has 1 atom stereocenters. The summed E-state index contributed by atoms with van der Waals surface area (Å²) in [6.45, 7) is 11.8. The minimum atomic E-state index is 0.579. The second-order valence-corrected chi connectivity index (χ2v) is 5.73. The highest BCUT2D eigenvalue weighted by Gasteiger charge is 2.08. The van der Waals surface area contributed by atoms with E-state index in [9.17, 15) is 0 Å². The van der Waals surface area contributed by atoms with Crippen molar-refractivity contribution in [3.05, 3.63) is 34.4 Å².